The first-order chi connectivity index (χ1) is 8.36. The molecule has 84 valence electrons. The highest BCUT2D eigenvalue weighted by Gasteiger charge is 2.16. The Bertz CT molecular complexity index is 627. The van der Waals surface area contributed by atoms with Crippen molar-refractivity contribution in [1.29, 1.82) is 0 Å². The minimum Gasteiger partial charge on any atom is -0.467 e. The molecule has 0 aliphatic carbocycles. The quantitative estimate of drug-likeness (QED) is 0.656. The van der Waals surface area contributed by atoms with E-state index in [9.17, 15) is 0 Å². The van der Waals surface area contributed by atoms with Gasteiger partial charge in [-0.25, -0.2) is 0 Å². The Morgan fingerprint density at radius 3 is 2.71 bits per heavy atom. The molecular formula is C15H13NO. The van der Waals surface area contributed by atoms with Crippen molar-refractivity contribution in [3.63, 3.8) is 0 Å². The molecule has 0 aliphatic heterocycles. The summed E-state index contributed by atoms with van der Waals surface area (Å²) in [6.07, 6.45) is 3.63. The van der Waals surface area contributed by atoms with Gasteiger partial charge in [0, 0.05) is 17.0 Å². The Labute approximate surface area is 99.9 Å². The summed E-state index contributed by atoms with van der Waals surface area (Å²) in [4.78, 5) is 4.38. The van der Waals surface area contributed by atoms with Crippen LogP contribution in [0.2, 0.25) is 0 Å². The van der Waals surface area contributed by atoms with Crippen LogP contribution in [0.4, 0.5) is 0 Å². The maximum atomic E-state index is 5.69. The summed E-state index contributed by atoms with van der Waals surface area (Å²) in [5.41, 5.74) is 1.03. The SMILES string of the molecule is CC(c1ccccn1)c1occ2ccccc12. The van der Waals surface area contributed by atoms with Crippen LogP contribution < -0.4 is 0 Å². The minimum absolute atomic E-state index is 0.177. The minimum atomic E-state index is 0.177. The van der Waals surface area contributed by atoms with Crippen molar-refractivity contribution in [1.82, 2.24) is 4.98 Å². The first-order valence-corrected chi connectivity index (χ1v) is 5.73. The predicted octanol–water partition coefficient (Wildman–Crippen LogP) is 3.98. The number of hydrogen-bond donors (Lipinski definition) is 0. The van der Waals surface area contributed by atoms with Crippen molar-refractivity contribution < 1.29 is 4.42 Å². The van der Waals surface area contributed by atoms with E-state index in [4.69, 9.17) is 4.42 Å². The van der Waals surface area contributed by atoms with Gasteiger partial charge in [0.15, 0.2) is 0 Å². The Hall–Kier alpha value is -2.09. The molecule has 2 aromatic heterocycles. The molecule has 2 heteroatoms. The van der Waals surface area contributed by atoms with Crippen LogP contribution in [0.25, 0.3) is 10.8 Å². The lowest BCUT2D eigenvalue weighted by molar-refractivity contribution is 0.498. The second-order valence-electron chi connectivity index (χ2n) is 4.16. The summed E-state index contributed by atoms with van der Waals surface area (Å²) in [5.74, 6) is 1.16. The molecule has 0 N–H and O–H groups in total. The van der Waals surface area contributed by atoms with E-state index in [0.29, 0.717) is 0 Å². The summed E-state index contributed by atoms with van der Waals surface area (Å²) in [6.45, 7) is 2.12. The third-order valence-electron chi connectivity index (χ3n) is 3.06. The smallest absolute Gasteiger partial charge is 0.120 e. The van der Waals surface area contributed by atoms with Crippen molar-refractivity contribution in [3.8, 4) is 0 Å². The number of pyridine rings is 1. The zero-order valence-corrected chi connectivity index (χ0v) is 9.63. The van der Waals surface area contributed by atoms with Gasteiger partial charge in [-0.2, -0.15) is 0 Å². The Kier molecular flexibility index (Phi) is 2.41. The second kappa shape index (κ2) is 4.06. The van der Waals surface area contributed by atoms with Gasteiger partial charge in [-0.05, 0) is 19.1 Å². The van der Waals surface area contributed by atoms with Crippen LogP contribution >= 0.6 is 0 Å². The Morgan fingerprint density at radius 1 is 1.06 bits per heavy atom. The van der Waals surface area contributed by atoms with Crippen LogP contribution in [0.1, 0.15) is 24.3 Å². The topological polar surface area (TPSA) is 26.0 Å². The van der Waals surface area contributed by atoms with Crippen LogP contribution in [-0.2, 0) is 0 Å². The van der Waals surface area contributed by atoms with Crippen molar-refractivity contribution in [2.24, 2.45) is 0 Å². The fourth-order valence-corrected chi connectivity index (χ4v) is 2.12. The number of rotatable bonds is 2. The van der Waals surface area contributed by atoms with E-state index in [1.54, 1.807) is 0 Å². The predicted molar refractivity (Wildman–Crippen MR) is 68.0 cm³/mol. The average Bonchev–Trinajstić information content (AvgIpc) is 2.83. The highest BCUT2D eigenvalue weighted by molar-refractivity contribution is 5.84. The molecule has 0 fully saturated rings. The molecule has 1 atom stereocenters. The van der Waals surface area contributed by atoms with Crippen LogP contribution in [0.3, 0.4) is 0 Å². The lowest BCUT2D eigenvalue weighted by atomic mass is 10.0. The summed E-state index contributed by atoms with van der Waals surface area (Å²) in [5, 5.41) is 2.32. The Morgan fingerprint density at radius 2 is 1.88 bits per heavy atom. The maximum absolute atomic E-state index is 5.69. The summed E-state index contributed by atoms with van der Waals surface area (Å²) in [6, 6.07) is 14.2. The second-order valence-corrected chi connectivity index (χ2v) is 4.16. The number of benzene rings is 1. The highest BCUT2D eigenvalue weighted by Crippen LogP contribution is 2.30. The molecule has 0 aliphatic rings. The standard InChI is InChI=1S/C15H13NO/c1-11(14-8-4-5-9-16-14)15-13-7-3-2-6-12(13)10-17-15/h2-11H,1H3. The lowest BCUT2D eigenvalue weighted by Crippen LogP contribution is -1.97. The van der Waals surface area contributed by atoms with Crippen molar-refractivity contribution in [3.05, 3.63) is 66.4 Å². The highest BCUT2D eigenvalue weighted by atomic mass is 16.3. The largest absolute Gasteiger partial charge is 0.467 e. The first kappa shape index (κ1) is 10.1. The monoisotopic (exact) mass is 223 g/mol. The molecule has 17 heavy (non-hydrogen) atoms. The molecule has 0 saturated heterocycles. The number of aromatic nitrogens is 1. The van der Waals surface area contributed by atoms with Gasteiger partial charge in [0.1, 0.15) is 5.76 Å². The molecule has 2 nitrogen and oxygen atoms in total. The average molecular weight is 223 g/mol. The van der Waals surface area contributed by atoms with Crippen molar-refractivity contribution in [2.45, 2.75) is 12.8 Å². The van der Waals surface area contributed by atoms with Gasteiger partial charge in [0.05, 0.1) is 17.9 Å². The number of furan rings is 1. The number of nitrogens with zero attached hydrogens (tertiary/aromatic N) is 1. The lowest BCUT2D eigenvalue weighted by Gasteiger charge is -2.08. The molecule has 0 bridgehead atoms. The van der Waals surface area contributed by atoms with Gasteiger partial charge in [-0.15, -0.1) is 0 Å². The van der Waals surface area contributed by atoms with E-state index in [0.717, 1.165) is 16.8 Å². The van der Waals surface area contributed by atoms with Gasteiger partial charge in [0.25, 0.3) is 0 Å². The molecule has 3 aromatic rings. The molecule has 0 saturated carbocycles. The van der Waals surface area contributed by atoms with Crippen LogP contribution in [-0.4, -0.2) is 4.98 Å². The van der Waals surface area contributed by atoms with Crippen LogP contribution in [0.5, 0.6) is 0 Å². The normalized spacial score (nSPS) is 12.8. The molecule has 0 radical (unpaired) electrons. The van der Waals surface area contributed by atoms with E-state index < -0.39 is 0 Å². The maximum Gasteiger partial charge on any atom is 0.120 e. The summed E-state index contributed by atoms with van der Waals surface area (Å²) in [7, 11) is 0. The molecular weight excluding hydrogens is 210 g/mol. The van der Waals surface area contributed by atoms with Crippen LogP contribution in [0, 0.1) is 0 Å². The van der Waals surface area contributed by atoms with E-state index in [1.165, 1.54) is 5.39 Å². The molecule has 0 spiro atoms. The molecule has 0 amide bonds. The van der Waals surface area contributed by atoms with Crippen molar-refractivity contribution in [2.75, 3.05) is 0 Å². The Balaban J connectivity index is 2.10. The third kappa shape index (κ3) is 1.72. The van der Waals surface area contributed by atoms with Gasteiger partial charge in [0.2, 0.25) is 0 Å². The fraction of sp³-hybridized carbons (Fsp3) is 0.133. The van der Waals surface area contributed by atoms with E-state index in [2.05, 4.69) is 24.0 Å². The first-order valence-electron chi connectivity index (χ1n) is 5.73. The zero-order chi connectivity index (χ0) is 11.7. The molecule has 2 heterocycles. The third-order valence-corrected chi connectivity index (χ3v) is 3.06. The number of hydrogen-bond acceptors (Lipinski definition) is 2. The van der Waals surface area contributed by atoms with E-state index in [-0.39, 0.29) is 5.92 Å². The van der Waals surface area contributed by atoms with Gasteiger partial charge in [-0.3, -0.25) is 4.98 Å². The molecule has 1 aromatic carbocycles. The van der Waals surface area contributed by atoms with Gasteiger partial charge < -0.3 is 4.42 Å². The van der Waals surface area contributed by atoms with E-state index >= 15 is 0 Å². The fourth-order valence-electron chi connectivity index (χ4n) is 2.12. The molecule has 3 rings (SSSR count). The van der Waals surface area contributed by atoms with Gasteiger partial charge in [-0.1, -0.05) is 30.3 Å². The zero-order valence-electron chi connectivity index (χ0n) is 9.63. The summed E-state index contributed by atoms with van der Waals surface area (Å²) >= 11 is 0. The van der Waals surface area contributed by atoms with E-state index in [1.807, 2.05) is 42.8 Å². The van der Waals surface area contributed by atoms with Crippen molar-refractivity contribution >= 4 is 10.8 Å². The van der Waals surface area contributed by atoms with Crippen LogP contribution in [0.15, 0.2) is 59.3 Å². The molecule has 1 unspecified atom stereocenters. The summed E-state index contributed by atoms with van der Waals surface area (Å²) < 4.78 is 5.69. The number of fused-ring (bicyclic) bond motifs is 1. The van der Waals surface area contributed by atoms with Gasteiger partial charge >= 0.3 is 0 Å².